The van der Waals surface area contributed by atoms with Crippen molar-refractivity contribution < 1.29 is 14.6 Å². The standard InChI is InChI=1S/C18H18N4O3/c1-25-15-9-7-14(8-10-15)20-18(24)17-19-12-22(21-17)11-16(23)13-5-3-2-4-6-13/h2-10,12,16,23H,11H2,1H3,(H,20,24)/t16-/m0/s1. The molecule has 0 fully saturated rings. The molecule has 25 heavy (non-hydrogen) atoms. The highest BCUT2D eigenvalue weighted by molar-refractivity contribution is 6.01. The maximum Gasteiger partial charge on any atom is 0.295 e. The van der Waals surface area contributed by atoms with E-state index in [0.717, 1.165) is 5.56 Å². The number of carbonyl (C=O) groups is 1. The van der Waals surface area contributed by atoms with Crippen LogP contribution in [0.3, 0.4) is 0 Å². The van der Waals surface area contributed by atoms with Crippen molar-refractivity contribution in [3.63, 3.8) is 0 Å². The molecule has 0 aliphatic heterocycles. The molecule has 7 heteroatoms. The van der Waals surface area contributed by atoms with Gasteiger partial charge >= 0.3 is 0 Å². The number of nitrogens with zero attached hydrogens (tertiary/aromatic N) is 3. The van der Waals surface area contributed by atoms with Crippen LogP contribution in [-0.4, -0.2) is 32.9 Å². The van der Waals surface area contributed by atoms with Crippen LogP contribution in [-0.2, 0) is 6.54 Å². The third-order valence-electron chi connectivity index (χ3n) is 3.63. The summed E-state index contributed by atoms with van der Waals surface area (Å²) in [6, 6.07) is 16.2. The predicted molar refractivity (Wildman–Crippen MR) is 92.4 cm³/mol. The minimum atomic E-state index is -0.722. The predicted octanol–water partition coefficient (Wildman–Crippen LogP) is 2.27. The van der Waals surface area contributed by atoms with Crippen molar-refractivity contribution in [1.29, 1.82) is 0 Å². The van der Waals surface area contributed by atoms with E-state index in [1.54, 1.807) is 31.4 Å². The lowest BCUT2D eigenvalue weighted by molar-refractivity contribution is 0.101. The molecule has 1 atom stereocenters. The van der Waals surface area contributed by atoms with E-state index in [9.17, 15) is 9.90 Å². The Morgan fingerprint density at radius 3 is 2.60 bits per heavy atom. The van der Waals surface area contributed by atoms with Crippen molar-refractivity contribution in [2.24, 2.45) is 0 Å². The summed E-state index contributed by atoms with van der Waals surface area (Å²) in [6.07, 6.45) is 0.704. The molecule has 0 saturated heterocycles. The first-order chi connectivity index (χ1) is 12.2. The molecular weight excluding hydrogens is 320 g/mol. The Labute approximate surface area is 144 Å². The van der Waals surface area contributed by atoms with E-state index in [4.69, 9.17) is 4.74 Å². The number of carbonyl (C=O) groups excluding carboxylic acids is 1. The lowest BCUT2D eigenvalue weighted by atomic mass is 10.1. The van der Waals surface area contributed by atoms with Crippen LogP contribution in [0, 0.1) is 0 Å². The smallest absolute Gasteiger partial charge is 0.295 e. The number of amides is 1. The molecule has 1 aromatic heterocycles. The van der Waals surface area contributed by atoms with Gasteiger partial charge in [0.15, 0.2) is 0 Å². The van der Waals surface area contributed by atoms with Crippen LogP contribution >= 0.6 is 0 Å². The number of hydrogen-bond acceptors (Lipinski definition) is 5. The van der Waals surface area contributed by atoms with Crippen LogP contribution in [0.15, 0.2) is 60.9 Å². The first-order valence-corrected chi connectivity index (χ1v) is 7.73. The fourth-order valence-electron chi connectivity index (χ4n) is 2.31. The zero-order valence-electron chi connectivity index (χ0n) is 13.7. The lowest BCUT2D eigenvalue weighted by Crippen LogP contribution is -2.15. The minimum absolute atomic E-state index is 0.0380. The molecule has 2 aromatic carbocycles. The number of benzene rings is 2. The van der Waals surface area contributed by atoms with E-state index in [1.165, 1.54) is 11.0 Å². The minimum Gasteiger partial charge on any atom is -0.497 e. The van der Waals surface area contributed by atoms with Crippen molar-refractivity contribution in [1.82, 2.24) is 14.8 Å². The number of aliphatic hydroxyl groups is 1. The average molecular weight is 338 g/mol. The Morgan fingerprint density at radius 1 is 1.20 bits per heavy atom. The molecule has 3 rings (SSSR count). The van der Waals surface area contributed by atoms with Crippen molar-refractivity contribution >= 4 is 11.6 Å². The molecule has 0 bridgehead atoms. The van der Waals surface area contributed by atoms with Crippen LogP contribution in [0.5, 0.6) is 5.75 Å². The summed E-state index contributed by atoms with van der Waals surface area (Å²) < 4.78 is 6.52. The Bertz CT molecular complexity index is 831. The number of anilines is 1. The quantitative estimate of drug-likeness (QED) is 0.720. The highest BCUT2D eigenvalue weighted by Crippen LogP contribution is 2.16. The van der Waals surface area contributed by atoms with Gasteiger partial charge < -0.3 is 15.2 Å². The molecule has 2 N–H and O–H groups in total. The Kier molecular flexibility index (Phi) is 5.06. The molecule has 0 unspecified atom stereocenters. The van der Waals surface area contributed by atoms with E-state index in [0.29, 0.717) is 11.4 Å². The number of methoxy groups -OCH3 is 1. The first kappa shape index (κ1) is 16.7. The summed E-state index contributed by atoms with van der Waals surface area (Å²) in [7, 11) is 1.58. The van der Waals surface area contributed by atoms with Gasteiger partial charge in [0, 0.05) is 5.69 Å². The molecule has 0 aliphatic rings. The highest BCUT2D eigenvalue weighted by atomic mass is 16.5. The van der Waals surface area contributed by atoms with Crippen molar-refractivity contribution in [2.45, 2.75) is 12.6 Å². The van der Waals surface area contributed by atoms with Gasteiger partial charge in [-0.1, -0.05) is 30.3 Å². The summed E-state index contributed by atoms with van der Waals surface area (Å²) in [5.74, 6) is 0.324. The van der Waals surface area contributed by atoms with Gasteiger partial charge in [-0.2, -0.15) is 0 Å². The summed E-state index contributed by atoms with van der Waals surface area (Å²) >= 11 is 0. The molecule has 1 heterocycles. The molecule has 0 spiro atoms. The second kappa shape index (κ2) is 7.59. The topological polar surface area (TPSA) is 89.3 Å². The van der Waals surface area contributed by atoms with Gasteiger partial charge in [-0.05, 0) is 29.8 Å². The van der Waals surface area contributed by atoms with Gasteiger partial charge in [-0.3, -0.25) is 4.79 Å². The number of rotatable bonds is 6. The molecule has 0 aliphatic carbocycles. The largest absolute Gasteiger partial charge is 0.497 e. The average Bonchev–Trinajstić information content (AvgIpc) is 3.12. The normalized spacial score (nSPS) is 11.8. The summed E-state index contributed by atoms with van der Waals surface area (Å²) in [5.41, 5.74) is 1.40. The van der Waals surface area contributed by atoms with Gasteiger partial charge in [0.25, 0.3) is 5.91 Å². The van der Waals surface area contributed by atoms with Crippen molar-refractivity contribution in [3.8, 4) is 5.75 Å². The number of nitrogens with one attached hydrogen (secondary N) is 1. The highest BCUT2D eigenvalue weighted by Gasteiger charge is 2.14. The summed E-state index contributed by atoms with van der Waals surface area (Å²) in [6.45, 7) is 0.215. The third-order valence-corrected chi connectivity index (χ3v) is 3.63. The van der Waals surface area contributed by atoms with Gasteiger partial charge in [0.2, 0.25) is 5.82 Å². The molecule has 0 radical (unpaired) electrons. The molecule has 3 aromatic rings. The van der Waals surface area contributed by atoms with Gasteiger partial charge in [-0.25, -0.2) is 9.67 Å². The van der Waals surface area contributed by atoms with Crippen LogP contribution in [0.2, 0.25) is 0 Å². The van der Waals surface area contributed by atoms with Gasteiger partial charge in [-0.15, -0.1) is 5.10 Å². The van der Waals surface area contributed by atoms with E-state index >= 15 is 0 Å². The second-order valence-electron chi connectivity index (χ2n) is 5.40. The number of hydrogen-bond donors (Lipinski definition) is 2. The third kappa shape index (κ3) is 4.21. The van der Waals surface area contributed by atoms with Crippen LogP contribution in [0.25, 0.3) is 0 Å². The SMILES string of the molecule is COc1ccc(NC(=O)c2ncn(C[C@H](O)c3ccccc3)n2)cc1. The van der Waals surface area contributed by atoms with Crippen LogP contribution in [0.1, 0.15) is 22.3 Å². The monoisotopic (exact) mass is 338 g/mol. The molecule has 1 amide bonds. The molecule has 128 valence electrons. The Balaban J connectivity index is 1.63. The summed E-state index contributed by atoms with van der Waals surface area (Å²) in [5, 5.41) is 17.0. The number of aromatic nitrogens is 3. The van der Waals surface area contributed by atoms with E-state index in [1.807, 2.05) is 30.3 Å². The maximum absolute atomic E-state index is 12.2. The second-order valence-corrected chi connectivity index (χ2v) is 5.40. The zero-order chi connectivity index (χ0) is 17.6. The van der Waals surface area contributed by atoms with E-state index in [-0.39, 0.29) is 12.4 Å². The Morgan fingerprint density at radius 2 is 1.92 bits per heavy atom. The Hall–Kier alpha value is -3.19. The van der Waals surface area contributed by atoms with Gasteiger partial charge in [0.05, 0.1) is 19.8 Å². The van der Waals surface area contributed by atoms with E-state index in [2.05, 4.69) is 15.4 Å². The number of aliphatic hydroxyl groups excluding tert-OH is 1. The fraction of sp³-hybridized carbons (Fsp3) is 0.167. The molecule has 0 saturated carbocycles. The lowest BCUT2D eigenvalue weighted by Gasteiger charge is -2.10. The van der Waals surface area contributed by atoms with Gasteiger partial charge in [0.1, 0.15) is 12.1 Å². The fourth-order valence-corrected chi connectivity index (χ4v) is 2.31. The zero-order valence-corrected chi connectivity index (χ0v) is 13.7. The van der Waals surface area contributed by atoms with Crippen molar-refractivity contribution in [2.75, 3.05) is 12.4 Å². The van der Waals surface area contributed by atoms with Crippen LogP contribution in [0.4, 0.5) is 5.69 Å². The number of ether oxygens (including phenoxy) is 1. The summed E-state index contributed by atoms with van der Waals surface area (Å²) in [4.78, 5) is 16.2. The molecule has 7 nitrogen and oxygen atoms in total. The maximum atomic E-state index is 12.2. The first-order valence-electron chi connectivity index (χ1n) is 7.73. The van der Waals surface area contributed by atoms with E-state index < -0.39 is 12.0 Å². The van der Waals surface area contributed by atoms with Crippen LogP contribution < -0.4 is 10.1 Å². The van der Waals surface area contributed by atoms with Crippen molar-refractivity contribution in [3.05, 3.63) is 72.3 Å². The molecular formula is C18H18N4O3.